The van der Waals surface area contributed by atoms with E-state index in [1.54, 1.807) is 6.20 Å². The molecule has 0 spiro atoms. The van der Waals surface area contributed by atoms with Crippen molar-refractivity contribution in [1.29, 1.82) is 0 Å². The van der Waals surface area contributed by atoms with E-state index in [0.717, 1.165) is 70.7 Å². The van der Waals surface area contributed by atoms with Gasteiger partial charge in [-0.25, -0.2) is 4.98 Å². The average Bonchev–Trinajstić information content (AvgIpc) is 3.27. The summed E-state index contributed by atoms with van der Waals surface area (Å²) in [5.74, 6) is 0.00368. The summed E-state index contributed by atoms with van der Waals surface area (Å²) in [5, 5.41) is 1.53. The second kappa shape index (κ2) is 9.68. The zero-order chi connectivity index (χ0) is 24.5. The van der Waals surface area contributed by atoms with Crippen molar-refractivity contribution < 1.29 is 4.79 Å². The molecule has 1 saturated heterocycles. The zero-order valence-electron chi connectivity index (χ0n) is 20.1. The molecule has 0 unspecified atom stereocenters. The van der Waals surface area contributed by atoms with Gasteiger partial charge in [0.05, 0.1) is 10.7 Å². The number of pyridine rings is 1. The molecule has 0 saturated carbocycles. The molecule has 0 aliphatic carbocycles. The van der Waals surface area contributed by atoms with Gasteiger partial charge in [-0.15, -0.1) is 0 Å². The van der Waals surface area contributed by atoms with Crippen LogP contribution in [-0.4, -0.2) is 53.9 Å². The molecule has 0 atom stereocenters. The summed E-state index contributed by atoms with van der Waals surface area (Å²) in [5.41, 5.74) is 8.07. The van der Waals surface area contributed by atoms with Crippen molar-refractivity contribution >= 4 is 34.1 Å². The molecule has 0 amide bonds. The molecule has 0 bridgehead atoms. The summed E-state index contributed by atoms with van der Waals surface area (Å²) < 4.78 is 0. The number of likely N-dealkylation sites (N-methyl/N-ethyl adjacent to an activating group) is 1. The molecule has 5 rings (SSSR count). The SMILES string of the molecule is C=CC(=O)Cc1cc(-c2c(-c3cccc(N4CCN(C)CC4)c3)[nH]c3nccc(Cl)c23)ccc1C. The lowest BCUT2D eigenvalue weighted by molar-refractivity contribution is -0.114. The molecular formula is C29H29ClN4O. The van der Waals surface area contributed by atoms with Crippen LogP contribution in [0.5, 0.6) is 0 Å². The van der Waals surface area contributed by atoms with E-state index in [9.17, 15) is 4.79 Å². The first-order valence-corrected chi connectivity index (χ1v) is 12.3. The quantitative estimate of drug-likeness (QED) is 0.346. The molecule has 5 nitrogen and oxygen atoms in total. The highest BCUT2D eigenvalue weighted by Crippen LogP contribution is 2.42. The Morgan fingerprint density at radius 1 is 1.11 bits per heavy atom. The number of nitrogens with one attached hydrogen (secondary N) is 1. The highest BCUT2D eigenvalue weighted by atomic mass is 35.5. The second-order valence-electron chi connectivity index (χ2n) is 9.22. The van der Waals surface area contributed by atoms with Crippen LogP contribution in [0.4, 0.5) is 5.69 Å². The van der Waals surface area contributed by atoms with Crippen molar-refractivity contribution in [1.82, 2.24) is 14.9 Å². The zero-order valence-corrected chi connectivity index (χ0v) is 20.9. The van der Waals surface area contributed by atoms with Gasteiger partial charge in [0.2, 0.25) is 0 Å². The third-order valence-electron chi connectivity index (χ3n) is 6.88. The fourth-order valence-corrected chi connectivity index (χ4v) is 5.02. The average molecular weight is 485 g/mol. The van der Waals surface area contributed by atoms with E-state index in [4.69, 9.17) is 11.6 Å². The molecule has 2 aromatic heterocycles. The molecule has 35 heavy (non-hydrogen) atoms. The third kappa shape index (κ3) is 4.62. The lowest BCUT2D eigenvalue weighted by Gasteiger charge is -2.34. The number of benzene rings is 2. The first kappa shape index (κ1) is 23.3. The number of halogens is 1. The van der Waals surface area contributed by atoms with E-state index in [1.807, 2.05) is 13.0 Å². The number of ketones is 1. The number of H-pyrrole nitrogens is 1. The minimum atomic E-state index is 0.00368. The molecule has 3 heterocycles. The lowest BCUT2D eigenvalue weighted by atomic mass is 9.93. The fourth-order valence-electron chi connectivity index (χ4n) is 4.78. The highest BCUT2D eigenvalue weighted by molar-refractivity contribution is 6.36. The van der Waals surface area contributed by atoms with Gasteiger partial charge in [-0.1, -0.05) is 48.5 Å². The van der Waals surface area contributed by atoms with E-state index >= 15 is 0 Å². The maximum absolute atomic E-state index is 12.1. The number of aromatic nitrogens is 2. The van der Waals surface area contributed by atoms with Crippen LogP contribution in [0, 0.1) is 6.92 Å². The van der Waals surface area contributed by atoms with Crippen LogP contribution in [0.25, 0.3) is 33.4 Å². The number of carbonyl (C=O) groups excluding carboxylic acids is 1. The molecular weight excluding hydrogens is 456 g/mol. The van der Waals surface area contributed by atoms with Gasteiger partial charge in [-0.3, -0.25) is 4.79 Å². The van der Waals surface area contributed by atoms with Crippen molar-refractivity contribution in [3.05, 3.63) is 83.5 Å². The number of allylic oxidation sites excluding steroid dienone is 1. The number of aromatic amines is 1. The molecule has 178 valence electrons. The maximum atomic E-state index is 12.1. The summed E-state index contributed by atoms with van der Waals surface area (Å²) >= 11 is 6.72. The Balaban J connectivity index is 1.66. The van der Waals surface area contributed by atoms with Crippen molar-refractivity contribution in [2.75, 3.05) is 38.1 Å². The maximum Gasteiger partial charge on any atom is 0.159 e. The van der Waals surface area contributed by atoms with Crippen LogP contribution in [0.2, 0.25) is 5.02 Å². The van der Waals surface area contributed by atoms with Crippen LogP contribution in [-0.2, 0) is 11.2 Å². The van der Waals surface area contributed by atoms with E-state index in [2.05, 4.69) is 75.9 Å². The summed E-state index contributed by atoms with van der Waals surface area (Å²) in [6.07, 6.45) is 3.43. The van der Waals surface area contributed by atoms with Gasteiger partial charge in [-0.2, -0.15) is 0 Å². The minimum absolute atomic E-state index is 0.00368. The van der Waals surface area contributed by atoms with Gasteiger partial charge < -0.3 is 14.8 Å². The minimum Gasteiger partial charge on any atom is -0.369 e. The molecule has 1 aliphatic rings. The first-order chi connectivity index (χ1) is 16.9. The van der Waals surface area contributed by atoms with Crippen LogP contribution < -0.4 is 4.90 Å². The summed E-state index contributed by atoms with van der Waals surface area (Å²) in [4.78, 5) is 25.0. The fraction of sp³-hybridized carbons (Fsp3) is 0.241. The lowest BCUT2D eigenvalue weighted by Crippen LogP contribution is -2.44. The Kier molecular flexibility index (Phi) is 6.46. The van der Waals surface area contributed by atoms with Gasteiger partial charge in [0.15, 0.2) is 5.78 Å². The van der Waals surface area contributed by atoms with Gasteiger partial charge >= 0.3 is 0 Å². The van der Waals surface area contributed by atoms with Crippen LogP contribution in [0.15, 0.2) is 67.4 Å². The molecule has 1 N–H and O–H groups in total. The van der Waals surface area contributed by atoms with Gasteiger partial charge in [0.25, 0.3) is 0 Å². The molecule has 2 aromatic carbocycles. The number of carbonyl (C=O) groups is 1. The van der Waals surface area contributed by atoms with Crippen molar-refractivity contribution in [2.24, 2.45) is 0 Å². The van der Waals surface area contributed by atoms with Gasteiger partial charge in [0.1, 0.15) is 5.65 Å². The molecule has 1 fully saturated rings. The number of nitrogens with zero attached hydrogens (tertiary/aromatic N) is 3. The Hall–Kier alpha value is -3.41. The van der Waals surface area contributed by atoms with Gasteiger partial charge in [0, 0.05) is 61.0 Å². The second-order valence-corrected chi connectivity index (χ2v) is 9.63. The summed E-state index contributed by atoms with van der Waals surface area (Å²) in [6.45, 7) is 9.77. The first-order valence-electron chi connectivity index (χ1n) is 11.9. The third-order valence-corrected chi connectivity index (χ3v) is 7.19. The van der Waals surface area contributed by atoms with Crippen LogP contribution in [0.3, 0.4) is 0 Å². The van der Waals surface area contributed by atoms with E-state index in [1.165, 1.54) is 11.8 Å². The number of aryl methyl sites for hydroxylation is 1. The van der Waals surface area contributed by atoms with Crippen molar-refractivity contribution in [2.45, 2.75) is 13.3 Å². The van der Waals surface area contributed by atoms with E-state index in [0.29, 0.717) is 11.4 Å². The molecule has 1 aliphatic heterocycles. The predicted molar refractivity (Wildman–Crippen MR) is 145 cm³/mol. The van der Waals surface area contributed by atoms with E-state index in [-0.39, 0.29) is 5.78 Å². The van der Waals surface area contributed by atoms with Crippen LogP contribution >= 0.6 is 11.6 Å². The Morgan fingerprint density at radius 3 is 2.69 bits per heavy atom. The molecule has 4 aromatic rings. The predicted octanol–water partition coefficient (Wildman–Crippen LogP) is 5.91. The standard InChI is InChI=1S/C29H29ClN4O/c1-4-24(35)18-22-16-20(9-8-19(22)2)26-27-25(30)10-11-31-29(27)32-28(26)21-6-5-7-23(17-21)34-14-12-33(3)13-15-34/h4-11,16-17H,1,12-15,18H2,2-3H3,(H,31,32). The molecule has 6 heteroatoms. The van der Waals surface area contributed by atoms with E-state index < -0.39 is 0 Å². The summed E-state index contributed by atoms with van der Waals surface area (Å²) in [6, 6.07) is 16.7. The number of rotatable bonds is 6. The molecule has 0 radical (unpaired) electrons. The van der Waals surface area contributed by atoms with Crippen molar-refractivity contribution in [3.63, 3.8) is 0 Å². The number of anilines is 1. The number of piperazine rings is 1. The highest BCUT2D eigenvalue weighted by Gasteiger charge is 2.21. The Bertz CT molecular complexity index is 1420. The Labute approximate surface area is 211 Å². The van der Waals surface area contributed by atoms with Crippen molar-refractivity contribution in [3.8, 4) is 22.4 Å². The van der Waals surface area contributed by atoms with Gasteiger partial charge in [-0.05, 0) is 54.9 Å². The topological polar surface area (TPSA) is 52.2 Å². The monoisotopic (exact) mass is 484 g/mol. The normalized spacial score (nSPS) is 14.4. The number of hydrogen-bond donors (Lipinski definition) is 1. The largest absolute Gasteiger partial charge is 0.369 e. The smallest absolute Gasteiger partial charge is 0.159 e. The number of hydrogen-bond acceptors (Lipinski definition) is 4. The summed E-state index contributed by atoms with van der Waals surface area (Å²) in [7, 11) is 2.17. The Morgan fingerprint density at radius 2 is 1.91 bits per heavy atom. The number of fused-ring (bicyclic) bond motifs is 1. The van der Waals surface area contributed by atoms with Crippen LogP contribution in [0.1, 0.15) is 11.1 Å².